The van der Waals surface area contributed by atoms with E-state index in [-0.39, 0.29) is 34.7 Å². The Morgan fingerprint density at radius 2 is 1.85 bits per heavy atom. The summed E-state index contributed by atoms with van der Waals surface area (Å²) in [4.78, 5) is 18.0. The maximum absolute atomic E-state index is 14.6. The third-order valence-corrected chi connectivity index (χ3v) is 7.57. The molecule has 1 amide bonds. The lowest BCUT2D eigenvalue weighted by Gasteiger charge is -2.12. The number of carbonyl (C=O) groups is 1. The molecule has 7 nitrogen and oxygen atoms in total. The predicted molar refractivity (Wildman–Crippen MR) is 124 cm³/mol. The van der Waals surface area contributed by atoms with Crippen LogP contribution in [0.1, 0.15) is 28.5 Å². The number of hydrogen-bond donors (Lipinski definition) is 1. The van der Waals surface area contributed by atoms with Crippen LogP contribution in [0.15, 0.2) is 60.7 Å². The van der Waals surface area contributed by atoms with Crippen LogP contribution in [0.5, 0.6) is 0 Å². The lowest BCUT2D eigenvalue weighted by Crippen LogP contribution is -2.15. The van der Waals surface area contributed by atoms with Crippen molar-refractivity contribution >= 4 is 32.5 Å². The van der Waals surface area contributed by atoms with Crippen molar-refractivity contribution in [2.45, 2.75) is 19.4 Å². The van der Waals surface area contributed by atoms with Crippen molar-refractivity contribution in [3.8, 4) is 11.3 Å². The normalized spacial score (nSPS) is 17.3. The van der Waals surface area contributed by atoms with E-state index in [2.05, 4.69) is 15.4 Å². The number of nitrogens with zero attached hydrogens (tertiary/aromatic N) is 3. The molecule has 1 aliphatic heterocycles. The van der Waals surface area contributed by atoms with Gasteiger partial charge in [-0.2, -0.15) is 5.10 Å². The highest BCUT2D eigenvalue weighted by Gasteiger charge is 2.32. The Hall–Kier alpha value is -3.59. The van der Waals surface area contributed by atoms with Crippen LogP contribution in [0.4, 0.5) is 10.1 Å². The van der Waals surface area contributed by atoms with Crippen LogP contribution < -0.4 is 5.32 Å². The summed E-state index contributed by atoms with van der Waals surface area (Å²) in [7, 11) is -3.17. The molecule has 168 valence electrons. The van der Waals surface area contributed by atoms with E-state index in [0.717, 1.165) is 0 Å². The summed E-state index contributed by atoms with van der Waals surface area (Å²) in [5, 5.41) is 7.95. The number of fused-ring (bicyclic) bond motifs is 1. The van der Waals surface area contributed by atoms with Gasteiger partial charge >= 0.3 is 0 Å². The minimum absolute atomic E-state index is 0.0413. The Kier molecular flexibility index (Phi) is 5.20. The highest BCUT2D eigenvalue weighted by Crippen LogP contribution is 2.33. The molecule has 0 bridgehead atoms. The van der Waals surface area contributed by atoms with Gasteiger partial charge in [0.05, 0.1) is 39.9 Å². The van der Waals surface area contributed by atoms with Crippen LogP contribution >= 0.6 is 0 Å². The summed E-state index contributed by atoms with van der Waals surface area (Å²) >= 11 is 0. The van der Waals surface area contributed by atoms with Crippen molar-refractivity contribution in [2.24, 2.45) is 0 Å². The van der Waals surface area contributed by atoms with E-state index in [1.807, 2.05) is 18.2 Å². The maximum atomic E-state index is 14.6. The SMILES string of the molecule is Cc1nn(C2CCS(=O)(=O)C2)c2nc(-c3ccccc3F)cc(C(=O)Nc3ccccc3)c12. The first kappa shape index (κ1) is 21.3. The fraction of sp³-hybridized carbons (Fsp3) is 0.208. The first-order valence-corrected chi connectivity index (χ1v) is 12.4. The molecule has 1 fully saturated rings. The number of carbonyl (C=O) groups excluding carboxylic acids is 1. The molecular formula is C24H21FN4O3S. The molecular weight excluding hydrogens is 443 g/mol. The first-order chi connectivity index (χ1) is 15.8. The molecule has 1 N–H and O–H groups in total. The van der Waals surface area contributed by atoms with Crippen LogP contribution in [0.2, 0.25) is 0 Å². The maximum Gasteiger partial charge on any atom is 0.256 e. The molecule has 9 heteroatoms. The molecule has 4 aromatic rings. The molecule has 1 saturated heterocycles. The average Bonchev–Trinajstić information content (AvgIpc) is 3.33. The highest BCUT2D eigenvalue weighted by molar-refractivity contribution is 7.91. The summed E-state index contributed by atoms with van der Waals surface area (Å²) in [5.41, 5.74) is 2.37. The van der Waals surface area contributed by atoms with Crippen molar-refractivity contribution in [1.29, 1.82) is 0 Å². The average molecular weight is 465 g/mol. The molecule has 1 unspecified atom stereocenters. The number of pyridine rings is 1. The lowest BCUT2D eigenvalue weighted by molar-refractivity contribution is 0.102. The van der Waals surface area contributed by atoms with E-state index in [9.17, 15) is 17.6 Å². The largest absolute Gasteiger partial charge is 0.322 e. The van der Waals surface area contributed by atoms with Crippen molar-refractivity contribution in [2.75, 3.05) is 16.8 Å². The van der Waals surface area contributed by atoms with E-state index >= 15 is 0 Å². The number of benzene rings is 2. The standard InChI is InChI=1S/C24H21FN4O3S/c1-15-22-19(24(30)26-16-7-3-2-4-8-16)13-21(18-9-5-6-10-20(18)25)27-23(22)29(28-15)17-11-12-33(31,32)14-17/h2-10,13,17H,11-12,14H2,1H3,(H,26,30). The highest BCUT2D eigenvalue weighted by atomic mass is 32.2. The summed E-state index contributed by atoms with van der Waals surface area (Å²) in [5.74, 6) is -0.815. The van der Waals surface area contributed by atoms with Crippen LogP contribution in [0.3, 0.4) is 0 Å². The molecule has 3 heterocycles. The van der Waals surface area contributed by atoms with Gasteiger partial charge in [-0.1, -0.05) is 30.3 Å². The quantitative estimate of drug-likeness (QED) is 0.490. The summed E-state index contributed by atoms with van der Waals surface area (Å²) in [6, 6.07) is 16.4. The lowest BCUT2D eigenvalue weighted by atomic mass is 10.0. The Morgan fingerprint density at radius 1 is 1.12 bits per heavy atom. The Balaban J connectivity index is 1.71. The van der Waals surface area contributed by atoms with Gasteiger partial charge in [0.25, 0.3) is 5.91 Å². The molecule has 0 saturated carbocycles. The van der Waals surface area contributed by atoms with Crippen LogP contribution in [0, 0.1) is 12.7 Å². The molecule has 0 spiro atoms. The van der Waals surface area contributed by atoms with Gasteiger partial charge in [0.15, 0.2) is 15.5 Å². The van der Waals surface area contributed by atoms with Crippen LogP contribution in [0.25, 0.3) is 22.3 Å². The van der Waals surface area contributed by atoms with Gasteiger partial charge in [-0.15, -0.1) is 0 Å². The van der Waals surface area contributed by atoms with Crippen molar-refractivity contribution in [3.63, 3.8) is 0 Å². The van der Waals surface area contributed by atoms with Gasteiger partial charge in [0, 0.05) is 11.3 Å². The summed E-state index contributed by atoms with van der Waals surface area (Å²) in [6.07, 6.45) is 0.412. The number of sulfone groups is 1. The van der Waals surface area contributed by atoms with Crippen molar-refractivity contribution in [3.05, 3.63) is 77.7 Å². The van der Waals surface area contributed by atoms with Crippen molar-refractivity contribution in [1.82, 2.24) is 14.8 Å². The third kappa shape index (κ3) is 4.00. The zero-order chi connectivity index (χ0) is 23.2. The fourth-order valence-corrected chi connectivity index (χ4v) is 5.93. The van der Waals surface area contributed by atoms with Crippen LogP contribution in [-0.2, 0) is 9.84 Å². The topological polar surface area (TPSA) is 93.9 Å². The Labute approximate surface area is 190 Å². The zero-order valence-electron chi connectivity index (χ0n) is 17.8. The van der Waals surface area contributed by atoms with E-state index in [4.69, 9.17) is 0 Å². The second-order valence-electron chi connectivity index (χ2n) is 8.14. The molecule has 2 aromatic carbocycles. The van der Waals surface area contributed by atoms with E-state index in [1.54, 1.807) is 48.0 Å². The van der Waals surface area contributed by atoms with Gasteiger partial charge in [-0.3, -0.25) is 4.79 Å². The zero-order valence-corrected chi connectivity index (χ0v) is 18.6. The molecule has 0 aliphatic carbocycles. The number of aryl methyl sites for hydroxylation is 1. The molecule has 5 rings (SSSR count). The van der Waals surface area contributed by atoms with Gasteiger partial charge < -0.3 is 5.32 Å². The molecule has 33 heavy (non-hydrogen) atoms. The molecule has 2 aromatic heterocycles. The number of rotatable bonds is 4. The number of aromatic nitrogens is 3. The van der Waals surface area contributed by atoms with Gasteiger partial charge in [-0.25, -0.2) is 22.5 Å². The van der Waals surface area contributed by atoms with Gasteiger partial charge in [0.1, 0.15) is 5.82 Å². The predicted octanol–water partition coefficient (Wildman–Crippen LogP) is 4.16. The van der Waals surface area contributed by atoms with E-state index in [0.29, 0.717) is 34.4 Å². The number of hydrogen-bond acceptors (Lipinski definition) is 5. The summed E-state index contributed by atoms with van der Waals surface area (Å²) in [6.45, 7) is 1.76. The Morgan fingerprint density at radius 3 is 2.55 bits per heavy atom. The number of halogens is 1. The van der Waals surface area contributed by atoms with E-state index < -0.39 is 15.7 Å². The number of anilines is 1. The molecule has 1 aliphatic rings. The summed E-state index contributed by atoms with van der Waals surface area (Å²) < 4.78 is 40.4. The first-order valence-electron chi connectivity index (χ1n) is 10.5. The second kappa shape index (κ2) is 8.08. The number of amides is 1. The second-order valence-corrected chi connectivity index (χ2v) is 10.4. The van der Waals surface area contributed by atoms with Gasteiger partial charge in [0.2, 0.25) is 0 Å². The number of nitrogens with one attached hydrogen (secondary N) is 1. The Bertz CT molecular complexity index is 1480. The van der Waals surface area contributed by atoms with E-state index in [1.165, 1.54) is 6.07 Å². The fourth-order valence-electron chi connectivity index (χ4n) is 4.24. The molecule has 0 radical (unpaired) electrons. The smallest absolute Gasteiger partial charge is 0.256 e. The third-order valence-electron chi connectivity index (χ3n) is 5.82. The van der Waals surface area contributed by atoms with Crippen LogP contribution in [-0.4, -0.2) is 40.6 Å². The van der Waals surface area contributed by atoms with Gasteiger partial charge in [-0.05, 0) is 43.7 Å². The minimum atomic E-state index is -3.17. The monoisotopic (exact) mass is 464 g/mol. The number of para-hydroxylation sites is 1. The minimum Gasteiger partial charge on any atom is -0.322 e. The molecule has 1 atom stereocenters. The van der Waals surface area contributed by atoms with Crippen molar-refractivity contribution < 1.29 is 17.6 Å².